The molecule has 3 heteroatoms. The molecule has 0 amide bonds. The number of nitrogens with zero attached hydrogens (tertiary/aromatic N) is 2. The Hall–Kier alpha value is -0.830. The van der Waals surface area contributed by atoms with Gasteiger partial charge in [0.2, 0.25) is 0 Å². The highest BCUT2D eigenvalue weighted by atomic mass is 16.3. The molecular formula is C12H22N2O. The molecule has 1 aromatic rings. The molecule has 2 unspecified atom stereocenters. The van der Waals surface area contributed by atoms with Crippen LogP contribution in [0.4, 0.5) is 0 Å². The molecule has 0 spiro atoms. The molecule has 0 fully saturated rings. The molecule has 0 radical (unpaired) electrons. The van der Waals surface area contributed by atoms with Crippen molar-refractivity contribution in [1.29, 1.82) is 0 Å². The second-order valence-corrected chi connectivity index (χ2v) is 4.54. The zero-order chi connectivity index (χ0) is 11.4. The molecule has 3 nitrogen and oxygen atoms in total. The standard InChI is InChI=1S/C12H22N2O/c1-5-12(15)10(4)8-11-6-7-14(13-11)9(2)3/h6-7,9-10,12,15H,5,8H2,1-4H3. The lowest BCUT2D eigenvalue weighted by atomic mass is 9.97. The predicted octanol–water partition coefficient (Wildman–Crippen LogP) is 2.41. The summed E-state index contributed by atoms with van der Waals surface area (Å²) in [5, 5.41) is 14.1. The number of hydrogen-bond donors (Lipinski definition) is 1. The lowest BCUT2D eigenvalue weighted by Gasteiger charge is -2.15. The van der Waals surface area contributed by atoms with E-state index in [0.717, 1.165) is 18.5 Å². The summed E-state index contributed by atoms with van der Waals surface area (Å²) in [6, 6.07) is 2.45. The molecular weight excluding hydrogens is 188 g/mol. The van der Waals surface area contributed by atoms with Crippen molar-refractivity contribution in [3.05, 3.63) is 18.0 Å². The Morgan fingerprint density at radius 1 is 1.40 bits per heavy atom. The Morgan fingerprint density at radius 2 is 2.07 bits per heavy atom. The molecule has 0 saturated carbocycles. The fraction of sp³-hybridized carbons (Fsp3) is 0.750. The van der Waals surface area contributed by atoms with Crippen LogP contribution in [0.1, 0.15) is 45.9 Å². The van der Waals surface area contributed by atoms with Crippen LogP contribution in [0, 0.1) is 5.92 Å². The van der Waals surface area contributed by atoms with Gasteiger partial charge in [0.25, 0.3) is 0 Å². The Labute approximate surface area is 92.1 Å². The van der Waals surface area contributed by atoms with Crippen LogP contribution in [0.15, 0.2) is 12.3 Å². The fourth-order valence-electron chi connectivity index (χ4n) is 1.64. The van der Waals surface area contributed by atoms with Crippen LogP contribution in [0.25, 0.3) is 0 Å². The molecule has 0 aliphatic carbocycles. The summed E-state index contributed by atoms with van der Waals surface area (Å²) in [4.78, 5) is 0. The van der Waals surface area contributed by atoms with E-state index in [2.05, 4.69) is 25.9 Å². The topological polar surface area (TPSA) is 38.0 Å². The van der Waals surface area contributed by atoms with Crippen molar-refractivity contribution in [2.75, 3.05) is 0 Å². The van der Waals surface area contributed by atoms with E-state index in [9.17, 15) is 5.11 Å². The van der Waals surface area contributed by atoms with Crippen molar-refractivity contribution in [1.82, 2.24) is 9.78 Å². The van der Waals surface area contributed by atoms with Crippen LogP contribution < -0.4 is 0 Å². The summed E-state index contributed by atoms with van der Waals surface area (Å²) in [6.07, 6.45) is 3.46. The van der Waals surface area contributed by atoms with E-state index in [1.807, 2.05) is 23.9 Å². The van der Waals surface area contributed by atoms with Gasteiger partial charge >= 0.3 is 0 Å². The summed E-state index contributed by atoms with van der Waals surface area (Å²) in [7, 11) is 0. The highest BCUT2D eigenvalue weighted by Gasteiger charge is 2.14. The van der Waals surface area contributed by atoms with E-state index >= 15 is 0 Å². The average Bonchev–Trinajstić information content (AvgIpc) is 2.65. The van der Waals surface area contributed by atoms with Gasteiger partial charge in [0.1, 0.15) is 0 Å². The Bertz CT molecular complexity index is 294. The number of hydrogen-bond acceptors (Lipinski definition) is 2. The predicted molar refractivity (Wildman–Crippen MR) is 61.8 cm³/mol. The first kappa shape index (κ1) is 12.2. The average molecular weight is 210 g/mol. The Morgan fingerprint density at radius 3 is 2.53 bits per heavy atom. The number of aliphatic hydroxyl groups is 1. The molecule has 1 rings (SSSR count). The molecule has 0 aliphatic heterocycles. The minimum absolute atomic E-state index is 0.214. The van der Waals surface area contributed by atoms with Gasteiger partial charge in [-0.3, -0.25) is 4.68 Å². The summed E-state index contributed by atoms with van der Waals surface area (Å²) >= 11 is 0. The van der Waals surface area contributed by atoms with Crippen molar-refractivity contribution in [2.45, 2.75) is 52.7 Å². The molecule has 0 saturated heterocycles. The van der Waals surface area contributed by atoms with Gasteiger partial charge < -0.3 is 5.11 Å². The lowest BCUT2D eigenvalue weighted by Crippen LogP contribution is -2.18. The van der Waals surface area contributed by atoms with Gasteiger partial charge in [-0.05, 0) is 38.7 Å². The summed E-state index contributed by atoms with van der Waals surface area (Å²) < 4.78 is 1.96. The maximum atomic E-state index is 9.67. The largest absolute Gasteiger partial charge is 0.393 e. The molecule has 0 bridgehead atoms. The van der Waals surface area contributed by atoms with Crippen LogP contribution in [0.3, 0.4) is 0 Å². The highest BCUT2D eigenvalue weighted by Crippen LogP contribution is 2.14. The Kier molecular flexibility index (Phi) is 4.33. The van der Waals surface area contributed by atoms with Gasteiger partial charge in [0.05, 0.1) is 11.8 Å². The first-order valence-corrected chi connectivity index (χ1v) is 5.76. The molecule has 1 heterocycles. The van der Waals surface area contributed by atoms with Crippen molar-refractivity contribution >= 4 is 0 Å². The normalized spacial score (nSPS) is 15.6. The van der Waals surface area contributed by atoms with Crippen molar-refractivity contribution in [3.8, 4) is 0 Å². The van der Waals surface area contributed by atoms with E-state index in [-0.39, 0.29) is 12.0 Å². The van der Waals surface area contributed by atoms with Crippen LogP contribution >= 0.6 is 0 Å². The first-order valence-electron chi connectivity index (χ1n) is 5.76. The van der Waals surface area contributed by atoms with Gasteiger partial charge in [0.15, 0.2) is 0 Å². The Balaban J connectivity index is 2.57. The van der Waals surface area contributed by atoms with E-state index in [0.29, 0.717) is 6.04 Å². The third kappa shape index (κ3) is 3.34. The molecule has 1 aromatic heterocycles. The number of aliphatic hydroxyl groups excluding tert-OH is 1. The van der Waals surface area contributed by atoms with Crippen LogP contribution in [-0.4, -0.2) is 21.0 Å². The highest BCUT2D eigenvalue weighted by molar-refractivity contribution is 5.01. The van der Waals surface area contributed by atoms with E-state index in [1.54, 1.807) is 0 Å². The van der Waals surface area contributed by atoms with Gasteiger partial charge in [-0.25, -0.2) is 0 Å². The van der Waals surface area contributed by atoms with E-state index in [4.69, 9.17) is 0 Å². The molecule has 1 N–H and O–H groups in total. The maximum Gasteiger partial charge on any atom is 0.0628 e. The monoisotopic (exact) mass is 210 g/mol. The second kappa shape index (κ2) is 5.31. The third-order valence-corrected chi connectivity index (χ3v) is 2.80. The van der Waals surface area contributed by atoms with Crippen LogP contribution in [0.5, 0.6) is 0 Å². The molecule has 0 aromatic carbocycles. The summed E-state index contributed by atoms with van der Waals surface area (Å²) in [6.45, 7) is 8.30. The smallest absolute Gasteiger partial charge is 0.0628 e. The molecule has 2 atom stereocenters. The van der Waals surface area contributed by atoms with Crippen LogP contribution in [-0.2, 0) is 6.42 Å². The third-order valence-electron chi connectivity index (χ3n) is 2.80. The van der Waals surface area contributed by atoms with Crippen molar-refractivity contribution < 1.29 is 5.11 Å². The lowest BCUT2D eigenvalue weighted by molar-refractivity contribution is 0.112. The zero-order valence-corrected chi connectivity index (χ0v) is 10.1. The van der Waals surface area contributed by atoms with Gasteiger partial charge in [-0.1, -0.05) is 13.8 Å². The first-order chi connectivity index (χ1) is 7.04. The van der Waals surface area contributed by atoms with E-state index in [1.165, 1.54) is 0 Å². The minimum atomic E-state index is -0.214. The second-order valence-electron chi connectivity index (χ2n) is 4.54. The summed E-state index contributed by atoms with van der Waals surface area (Å²) in [5.74, 6) is 0.283. The number of aromatic nitrogens is 2. The summed E-state index contributed by atoms with van der Waals surface area (Å²) in [5.41, 5.74) is 1.07. The molecule has 0 aliphatic rings. The van der Waals surface area contributed by atoms with Crippen LogP contribution in [0.2, 0.25) is 0 Å². The van der Waals surface area contributed by atoms with Crippen molar-refractivity contribution in [2.24, 2.45) is 5.92 Å². The molecule has 15 heavy (non-hydrogen) atoms. The zero-order valence-electron chi connectivity index (χ0n) is 10.1. The fourth-order valence-corrected chi connectivity index (χ4v) is 1.64. The van der Waals surface area contributed by atoms with Gasteiger partial charge in [-0.2, -0.15) is 5.10 Å². The van der Waals surface area contributed by atoms with Gasteiger partial charge in [-0.15, -0.1) is 0 Å². The maximum absolute atomic E-state index is 9.67. The molecule has 86 valence electrons. The van der Waals surface area contributed by atoms with Crippen molar-refractivity contribution in [3.63, 3.8) is 0 Å². The quantitative estimate of drug-likeness (QED) is 0.810. The number of rotatable bonds is 5. The SMILES string of the molecule is CCC(O)C(C)Cc1ccn(C(C)C)n1. The minimum Gasteiger partial charge on any atom is -0.393 e. The van der Waals surface area contributed by atoms with E-state index < -0.39 is 0 Å². The van der Waals surface area contributed by atoms with Gasteiger partial charge in [0, 0.05) is 12.2 Å².